The largest absolute Gasteiger partial charge is 0.376 e. The minimum atomic E-state index is -0.384. The van der Waals surface area contributed by atoms with Crippen LogP contribution in [0.15, 0.2) is 0 Å². The summed E-state index contributed by atoms with van der Waals surface area (Å²) >= 11 is 0. The highest BCUT2D eigenvalue weighted by molar-refractivity contribution is 5.72. The number of hydrogen-bond donors (Lipinski definition) is 2. The molecule has 8 nitrogen and oxygen atoms in total. The Morgan fingerprint density at radius 2 is 2.56 bits per heavy atom. The molecule has 2 rings (SSSR count). The minimum absolute atomic E-state index is 0.0726. The van der Waals surface area contributed by atoms with E-state index in [9.17, 15) is 4.79 Å². The van der Waals surface area contributed by atoms with Crippen molar-refractivity contribution in [3.8, 4) is 0 Å². The summed E-state index contributed by atoms with van der Waals surface area (Å²) in [5.41, 5.74) is 5.17. The smallest absolute Gasteiger partial charge is 0.314 e. The number of nitrogens with one attached hydrogen (secondary N) is 1. The second kappa shape index (κ2) is 4.88. The first kappa shape index (κ1) is 10.8. The van der Waals surface area contributed by atoms with Crippen LogP contribution >= 0.6 is 0 Å². The number of carbonyl (C=O) groups excluding carboxylic acids is 1. The highest BCUT2D eigenvalue weighted by Gasteiger charge is 2.25. The number of nitrogens with zero attached hydrogens (tertiary/aromatic N) is 4. The number of urea groups is 1. The molecule has 1 fully saturated rings. The Balaban J connectivity index is 1.66. The summed E-state index contributed by atoms with van der Waals surface area (Å²) in [5.74, 6) is 0.699. The van der Waals surface area contributed by atoms with E-state index in [1.165, 1.54) is 0 Å². The molecule has 1 atom stereocenters. The number of hydrogen-bond acceptors (Lipinski definition) is 5. The van der Waals surface area contributed by atoms with Gasteiger partial charge in [-0.2, -0.15) is 0 Å². The van der Waals surface area contributed by atoms with Gasteiger partial charge in [-0.25, -0.2) is 9.89 Å². The van der Waals surface area contributed by atoms with E-state index in [1.54, 1.807) is 4.90 Å². The number of aromatic amines is 1. The maximum Gasteiger partial charge on any atom is 0.314 e. The highest BCUT2D eigenvalue weighted by Crippen LogP contribution is 2.12. The number of ether oxygens (including phenoxy) is 1. The van der Waals surface area contributed by atoms with E-state index in [0.717, 1.165) is 6.42 Å². The van der Waals surface area contributed by atoms with Gasteiger partial charge in [0.1, 0.15) is 0 Å². The van der Waals surface area contributed by atoms with E-state index in [0.29, 0.717) is 31.9 Å². The second-order valence-electron chi connectivity index (χ2n) is 3.66. The lowest BCUT2D eigenvalue weighted by Gasteiger charge is -2.13. The fraction of sp³-hybridized carbons (Fsp3) is 0.750. The molecule has 0 radical (unpaired) electrons. The van der Waals surface area contributed by atoms with Crippen molar-refractivity contribution in [3.63, 3.8) is 0 Å². The molecule has 3 N–H and O–H groups in total. The zero-order valence-electron chi connectivity index (χ0n) is 8.80. The van der Waals surface area contributed by atoms with Gasteiger partial charge < -0.3 is 15.4 Å². The molecular weight excluding hydrogens is 212 g/mol. The van der Waals surface area contributed by atoms with Crippen molar-refractivity contribution in [2.24, 2.45) is 5.73 Å². The van der Waals surface area contributed by atoms with Gasteiger partial charge in [0.25, 0.3) is 0 Å². The normalized spacial score (nSPS) is 20.2. The monoisotopic (exact) mass is 226 g/mol. The van der Waals surface area contributed by atoms with Crippen LogP contribution in [0.1, 0.15) is 12.2 Å². The van der Waals surface area contributed by atoms with Crippen molar-refractivity contribution < 1.29 is 9.53 Å². The maximum atomic E-state index is 10.9. The van der Waals surface area contributed by atoms with Crippen LogP contribution in [0.25, 0.3) is 0 Å². The zero-order chi connectivity index (χ0) is 11.4. The Morgan fingerprint density at radius 3 is 3.19 bits per heavy atom. The van der Waals surface area contributed by atoms with E-state index >= 15 is 0 Å². The average Bonchev–Trinajstić information content (AvgIpc) is 2.87. The first-order valence-corrected chi connectivity index (χ1v) is 5.14. The third-order valence-corrected chi connectivity index (χ3v) is 2.54. The van der Waals surface area contributed by atoms with Gasteiger partial charge in [-0.1, -0.05) is 0 Å². The van der Waals surface area contributed by atoms with Crippen LogP contribution < -0.4 is 5.73 Å². The lowest BCUT2D eigenvalue weighted by atomic mass is 10.3. The SMILES string of the molecule is NC(=O)N1CCC(OCCc2nnn[nH]2)C1. The van der Waals surface area contributed by atoms with Crippen LogP contribution in [0.2, 0.25) is 0 Å². The summed E-state index contributed by atoms with van der Waals surface area (Å²) in [6, 6.07) is -0.384. The number of likely N-dealkylation sites (tertiary alicyclic amines) is 1. The van der Waals surface area contributed by atoms with Gasteiger partial charge in [-0.3, -0.25) is 0 Å². The van der Waals surface area contributed by atoms with E-state index in [1.807, 2.05) is 0 Å². The highest BCUT2D eigenvalue weighted by atomic mass is 16.5. The molecule has 2 amide bonds. The molecule has 1 aromatic rings. The lowest BCUT2D eigenvalue weighted by Crippen LogP contribution is -2.34. The summed E-state index contributed by atoms with van der Waals surface area (Å²) in [7, 11) is 0. The van der Waals surface area contributed by atoms with Gasteiger partial charge in [0.15, 0.2) is 5.82 Å². The molecule has 0 aromatic carbocycles. The predicted octanol–water partition coefficient (Wildman–Crippen LogP) is -1.09. The molecule has 2 heterocycles. The van der Waals surface area contributed by atoms with Crippen molar-refractivity contribution in [1.82, 2.24) is 25.5 Å². The Morgan fingerprint density at radius 1 is 1.69 bits per heavy atom. The van der Waals surface area contributed by atoms with Crippen LogP contribution in [-0.4, -0.2) is 57.4 Å². The molecule has 1 unspecified atom stereocenters. The number of carbonyl (C=O) groups is 1. The molecule has 0 aliphatic carbocycles. The number of primary amides is 1. The molecule has 1 aliphatic rings. The van der Waals surface area contributed by atoms with E-state index in [4.69, 9.17) is 10.5 Å². The van der Waals surface area contributed by atoms with Gasteiger partial charge in [0, 0.05) is 19.5 Å². The van der Waals surface area contributed by atoms with Crippen molar-refractivity contribution in [2.45, 2.75) is 18.9 Å². The fourth-order valence-corrected chi connectivity index (χ4v) is 1.67. The molecule has 0 bridgehead atoms. The molecule has 8 heteroatoms. The van der Waals surface area contributed by atoms with Gasteiger partial charge in [-0.05, 0) is 16.8 Å². The van der Waals surface area contributed by atoms with Crippen LogP contribution in [0.4, 0.5) is 4.79 Å². The summed E-state index contributed by atoms with van der Waals surface area (Å²) in [6.45, 7) is 1.78. The van der Waals surface area contributed by atoms with E-state index < -0.39 is 0 Å². The first-order chi connectivity index (χ1) is 7.75. The molecule has 88 valence electrons. The number of aromatic nitrogens is 4. The number of nitrogens with two attached hydrogens (primary N) is 1. The number of rotatable bonds is 4. The predicted molar refractivity (Wildman–Crippen MR) is 53.4 cm³/mol. The molecule has 16 heavy (non-hydrogen) atoms. The Labute approximate surface area is 92.1 Å². The van der Waals surface area contributed by atoms with Gasteiger partial charge in [-0.15, -0.1) is 5.10 Å². The summed E-state index contributed by atoms with van der Waals surface area (Å²) in [4.78, 5) is 12.5. The quantitative estimate of drug-likeness (QED) is 0.678. The Hall–Kier alpha value is -1.70. The Bertz CT molecular complexity index is 340. The van der Waals surface area contributed by atoms with E-state index in [-0.39, 0.29) is 12.1 Å². The topological polar surface area (TPSA) is 110 Å². The van der Waals surface area contributed by atoms with Crippen LogP contribution in [-0.2, 0) is 11.2 Å². The van der Waals surface area contributed by atoms with Crippen LogP contribution in [0, 0.1) is 0 Å². The lowest BCUT2D eigenvalue weighted by molar-refractivity contribution is 0.0628. The molecule has 1 aliphatic heterocycles. The molecule has 0 spiro atoms. The first-order valence-electron chi connectivity index (χ1n) is 5.14. The van der Waals surface area contributed by atoms with Gasteiger partial charge in [0.05, 0.1) is 12.7 Å². The Kier molecular flexibility index (Phi) is 3.30. The van der Waals surface area contributed by atoms with Crippen molar-refractivity contribution in [2.75, 3.05) is 19.7 Å². The van der Waals surface area contributed by atoms with Gasteiger partial charge >= 0.3 is 6.03 Å². The van der Waals surface area contributed by atoms with E-state index in [2.05, 4.69) is 20.6 Å². The summed E-state index contributed by atoms with van der Waals surface area (Å²) in [5, 5.41) is 13.3. The maximum absolute atomic E-state index is 10.9. The molecule has 1 aromatic heterocycles. The third-order valence-electron chi connectivity index (χ3n) is 2.54. The molecular formula is C8H14N6O2. The number of amides is 2. The summed E-state index contributed by atoms with van der Waals surface area (Å²) < 4.78 is 5.59. The molecule has 0 saturated carbocycles. The zero-order valence-corrected chi connectivity index (χ0v) is 8.80. The fourth-order valence-electron chi connectivity index (χ4n) is 1.67. The van der Waals surface area contributed by atoms with Crippen LogP contribution in [0.5, 0.6) is 0 Å². The number of H-pyrrole nitrogens is 1. The molecule has 1 saturated heterocycles. The van der Waals surface area contributed by atoms with Crippen molar-refractivity contribution in [3.05, 3.63) is 5.82 Å². The van der Waals surface area contributed by atoms with Crippen molar-refractivity contribution in [1.29, 1.82) is 0 Å². The van der Waals surface area contributed by atoms with Gasteiger partial charge in [0.2, 0.25) is 0 Å². The second-order valence-corrected chi connectivity index (χ2v) is 3.66. The summed E-state index contributed by atoms with van der Waals surface area (Å²) in [6.07, 6.45) is 1.54. The average molecular weight is 226 g/mol. The number of tetrazole rings is 1. The van der Waals surface area contributed by atoms with Crippen molar-refractivity contribution >= 4 is 6.03 Å². The third kappa shape index (κ3) is 2.66. The standard InChI is InChI=1S/C8H14N6O2/c9-8(15)14-3-1-6(5-14)16-4-2-7-10-12-13-11-7/h6H,1-5H2,(H2,9,15)(H,10,11,12,13). The van der Waals surface area contributed by atoms with Crippen LogP contribution in [0.3, 0.4) is 0 Å². The minimum Gasteiger partial charge on any atom is -0.376 e.